The molecule has 0 amide bonds. The number of imidazole rings is 1. The predicted molar refractivity (Wildman–Crippen MR) is 115 cm³/mol. The van der Waals surface area contributed by atoms with Crippen molar-refractivity contribution < 1.29 is 4.74 Å². The average molecular weight is 368 g/mol. The first-order valence-corrected chi connectivity index (χ1v) is 9.56. The van der Waals surface area contributed by atoms with Gasteiger partial charge in [0, 0.05) is 22.7 Å². The van der Waals surface area contributed by atoms with Gasteiger partial charge in [-0.3, -0.25) is 0 Å². The summed E-state index contributed by atoms with van der Waals surface area (Å²) in [5.41, 5.74) is 5.52. The third-order valence-electron chi connectivity index (χ3n) is 4.87. The van der Waals surface area contributed by atoms with E-state index < -0.39 is 0 Å². The third-order valence-corrected chi connectivity index (χ3v) is 4.87. The molecule has 1 heterocycles. The fourth-order valence-corrected chi connectivity index (χ4v) is 3.55. The molecule has 0 saturated carbocycles. The minimum atomic E-state index is 0.261. The highest BCUT2D eigenvalue weighted by molar-refractivity contribution is 5.82. The van der Waals surface area contributed by atoms with Crippen LogP contribution in [0.1, 0.15) is 19.9 Å². The lowest BCUT2D eigenvalue weighted by Crippen LogP contribution is -2.05. The molecule has 28 heavy (non-hydrogen) atoms. The lowest BCUT2D eigenvalue weighted by molar-refractivity contribution is 0.415. The Labute approximate surface area is 166 Å². The van der Waals surface area contributed by atoms with E-state index in [9.17, 15) is 0 Å². The Kier molecular flexibility index (Phi) is 4.98. The number of ether oxygens (including phenoxy) is 1. The summed E-state index contributed by atoms with van der Waals surface area (Å²) < 4.78 is 7.66. The van der Waals surface area contributed by atoms with Crippen molar-refractivity contribution in [3.63, 3.8) is 0 Å². The standard InChI is InChI=1S/C25H24N2O/c1-18(2)27-24(20-12-8-5-9-13-20)23(19-10-6-4-7-11-19)26-25(27)21-14-16-22(28-3)17-15-21/h4-18H,1-3H3. The Morgan fingerprint density at radius 2 is 1.29 bits per heavy atom. The van der Waals surface area contributed by atoms with Crippen molar-refractivity contribution in [3.05, 3.63) is 84.9 Å². The van der Waals surface area contributed by atoms with E-state index >= 15 is 0 Å². The molecule has 3 heteroatoms. The molecule has 0 N–H and O–H groups in total. The highest BCUT2D eigenvalue weighted by Gasteiger charge is 2.22. The van der Waals surface area contributed by atoms with Gasteiger partial charge in [0.25, 0.3) is 0 Å². The molecular weight excluding hydrogens is 344 g/mol. The SMILES string of the molecule is COc1ccc(-c2nc(-c3ccccc3)c(-c3ccccc3)n2C(C)C)cc1. The smallest absolute Gasteiger partial charge is 0.141 e. The molecule has 0 aliphatic carbocycles. The number of hydrogen-bond acceptors (Lipinski definition) is 2. The summed E-state index contributed by atoms with van der Waals surface area (Å²) >= 11 is 0. The number of nitrogens with zero attached hydrogens (tertiary/aromatic N) is 2. The minimum Gasteiger partial charge on any atom is -0.497 e. The molecule has 0 aliphatic heterocycles. The molecule has 0 fully saturated rings. The highest BCUT2D eigenvalue weighted by atomic mass is 16.5. The van der Waals surface area contributed by atoms with Crippen LogP contribution in [0.25, 0.3) is 33.9 Å². The fourth-order valence-electron chi connectivity index (χ4n) is 3.55. The molecule has 0 unspecified atom stereocenters. The second-order valence-corrected chi connectivity index (χ2v) is 7.06. The molecule has 0 spiro atoms. The maximum absolute atomic E-state index is 5.32. The summed E-state index contributed by atoms with van der Waals surface area (Å²) in [6.07, 6.45) is 0. The molecule has 0 bridgehead atoms. The van der Waals surface area contributed by atoms with E-state index in [-0.39, 0.29) is 6.04 Å². The van der Waals surface area contributed by atoms with Crippen molar-refractivity contribution in [3.8, 4) is 39.7 Å². The second kappa shape index (κ2) is 7.73. The average Bonchev–Trinajstić information content (AvgIpc) is 3.16. The molecule has 4 aromatic rings. The number of aromatic nitrogens is 2. The summed E-state index contributed by atoms with van der Waals surface area (Å²) in [5.74, 6) is 1.81. The van der Waals surface area contributed by atoms with Crippen molar-refractivity contribution in [2.75, 3.05) is 7.11 Å². The van der Waals surface area contributed by atoms with Gasteiger partial charge in [-0.15, -0.1) is 0 Å². The van der Waals surface area contributed by atoms with E-state index in [4.69, 9.17) is 9.72 Å². The minimum absolute atomic E-state index is 0.261. The largest absolute Gasteiger partial charge is 0.497 e. The van der Waals surface area contributed by atoms with E-state index in [1.807, 2.05) is 24.3 Å². The summed E-state index contributed by atoms with van der Waals surface area (Å²) in [5, 5.41) is 0. The zero-order valence-corrected chi connectivity index (χ0v) is 16.5. The van der Waals surface area contributed by atoms with E-state index in [1.165, 1.54) is 5.56 Å². The molecule has 3 aromatic carbocycles. The Morgan fingerprint density at radius 1 is 0.714 bits per heavy atom. The number of benzene rings is 3. The second-order valence-electron chi connectivity index (χ2n) is 7.06. The van der Waals surface area contributed by atoms with Crippen LogP contribution in [0.2, 0.25) is 0 Å². The van der Waals surface area contributed by atoms with Gasteiger partial charge in [0.1, 0.15) is 11.6 Å². The first-order valence-electron chi connectivity index (χ1n) is 9.56. The van der Waals surface area contributed by atoms with Crippen molar-refractivity contribution in [2.45, 2.75) is 19.9 Å². The number of rotatable bonds is 5. The van der Waals surface area contributed by atoms with E-state index in [0.717, 1.165) is 34.1 Å². The van der Waals surface area contributed by atoms with Crippen LogP contribution in [-0.2, 0) is 0 Å². The van der Waals surface area contributed by atoms with Crippen molar-refractivity contribution in [1.29, 1.82) is 0 Å². The molecule has 0 saturated heterocycles. The van der Waals surface area contributed by atoms with Crippen LogP contribution in [0.5, 0.6) is 5.75 Å². The van der Waals surface area contributed by atoms with Gasteiger partial charge in [-0.25, -0.2) is 4.98 Å². The predicted octanol–water partition coefficient (Wildman–Crippen LogP) is 6.47. The molecule has 1 aromatic heterocycles. The van der Waals surface area contributed by atoms with E-state index in [0.29, 0.717) is 0 Å². The van der Waals surface area contributed by atoms with Gasteiger partial charge < -0.3 is 9.30 Å². The van der Waals surface area contributed by atoms with Crippen LogP contribution in [0.3, 0.4) is 0 Å². The maximum Gasteiger partial charge on any atom is 0.141 e. The Balaban J connectivity index is 2.00. The van der Waals surface area contributed by atoms with Crippen LogP contribution in [0.4, 0.5) is 0 Å². The fraction of sp³-hybridized carbons (Fsp3) is 0.160. The normalized spacial score (nSPS) is 11.0. The summed E-state index contributed by atoms with van der Waals surface area (Å²) in [6, 6.07) is 29.3. The molecule has 0 aliphatic rings. The zero-order chi connectivity index (χ0) is 19.5. The van der Waals surface area contributed by atoms with Gasteiger partial charge in [0.15, 0.2) is 0 Å². The van der Waals surface area contributed by atoms with Gasteiger partial charge in [-0.2, -0.15) is 0 Å². The third kappa shape index (κ3) is 3.31. The monoisotopic (exact) mass is 368 g/mol. The van der Waals surface area contributed by atoms with Gasteiger partial charge in [-0.1, -0.05) is 60.7 Å². The lowest BCUT2D eigenvalue weighted by Gasteiger charge is -2.17. The first kappa shape index (κ1) is 18.1. The summed E-state index contributed by atoms with van der Waals surface area (Å²) in [7, 11) is 1.69. The molecule has 4 rings (SSSR count). The van der Waals surface area contributed by atoms with Crippen LogP contribution in [0.15, 0.2) is 84.9 Å². The first-order chi connectivity index (χ1) is 13.7. The molecular formula is C25H24N2O. The van der Waals surface area contributed by atoms with Gasteiger partial charge in [0.05, 0.1) is 18.5 Å². The van der Waals surface area contributed by atoms with E-state index in [1.54, 1.807) is 7.11 Å². The Bertz CT molecular complexity index is 1050. The van der Waals surface area contributed by atoms with Crippen molar-refractivity contribution >= 4 is 0 Å². The topological polar surface area (TPSA) is 27.1 Å². The van der Waals surface area contributed by atoms with Gasteiger partial charge in [-0.05, 0) is 38.1 Å². The van der Waals surface area contributed by atoms with Gasteiger partial charge in [0.2, 0.25) is 0 Å². The van der Waals surface area contributed by atoms with Crippen LogP contribution < -0.4 is 4.74 Å². The van der Waals surface area contributed by atoms with Gasteiger partial charge >= 0.3 is 0 Å². The number of methoxy groups -OCH3 is 1. The maximum atomic E-state index is 5.32. The highest BCUT2D eigenvalue weighted by Crippen LogP contribution is 2.38. The van der Waals surface area contributed by atoms with Crippen molar-refractivity contribution in [1.82, 2.24) is 9.55 Å². The zero-order valence-electron chi connectivity index (χ0n) is 16.5. The van der Waals surface area contributed by atoms with E-state index in [2.05, 4.69) is 79.1 Å². The van der Waals surface area contributed by atoms with Crippen LogP contribution >= 0.6 is 0 Å². The summed E-state index contributed by atoms with van der Waals surface area (Å²) in [4.78, 5) is 5.13. The summed E-state index contributed by atoms with van der Waals surface area (Å²) in [6.45, 7) is 4.41. The lowest BCUT2D eigenvalue weighted by atomic mass is 10.0. The quantitative estimate of drug-likeness (QED) is 0.403. The molecule has 0 radical (unpaired) electrons. The number of hydrogen-bond donors (Lipinski definition) is 0. The van der Waals surface area contributed by atoms with Crippen molar-refractivity contribution in [2.24, 2.45) is 0 Å². The Hall–Kier alpha value is -3.33. The molecule has 3 nitrogen and oxygen atoms in total. The molecule has 0 atom stereocenters. The van der Waals surface area contributed by atoms with Crippen LogP contribution in [-0.4, -0.2) is 16.7 Å². The van der Waals surface area contributed by atoms with Crippen LogP contribution in [0, 0.1) is 0 Å². The molecule has 140 valence electrons. The Morgan fingerprint density at radius 3 is 1.82 bits per heavy atom.